The van der Waals surface area contributed by atoms with Crippen molar-refractivity contribution in [2.75, 3.05) is 26.1 Å². The molecule has 1 aromatic carbocycles. The molecule has 94 valence electrons. The molecule has 0 saturated carbocycles. The standard InChI is InChI=1S/C12H16ClNO3/c1-8-6-11(16-2)9(13)7-10(8)14-5-4-12(15)17-3/h6-7,14H,4-5H2,1-3H3. The van der Waals surface area contributed by atoms with Crippen LogP contribution < -0.4 is 10.1 Å². The summed E-state index contributed by atoms with van der Waals surface area (Å²) in [6.07, 6.45) is 0.319. The Morgan fingerprint density at radius 2 is 2.12 bits per heavy atom. The van der Waals surface area contributed by atoms with Gasteiger partial charge in [-0.25, -0.2) is 0 Å². The molecule has 0 aliphatic carbocycles. The number of rotatable bonds is 5. The van der Waals surface area contributed by atoms with Crippen molar-refractivity contribution < 1.29 is 14.3 Å². The second-order valence-electron chi connectivity index (χ2n) is 3.55. The van der Waals surface area contributed by atoms with Gasteiger partial charge in [0.25, 0.3) is 0 Å². The first-order valence-corrected chi connectivity index (χ1v) is 5.61. The van der Waals surface area contributed by atoms with Gasteiger partial charge in [0.15, 0.2) is 0 Å². The maximum Gasteiger partial charge on any atom is 0.307 e. The number of halogens is 1. The number of ether oxygens (including phenoxy) is 2. The van der Waals surface area contributed by atoms with Crippen molar-refractivity contribution in [2.24, 2.45) is 0 Å². The molecule has 0 saturated heterocycles. The first-order chi connectivity index (χ1) is 8.08. The number of carbonyl (C=O) groups is 1. The fourth-order valence-electron chi connectivity index (χ4n) is 1.40. The number of hydrogen-bond acceptors (Lipinski definition) is 4. The summed E-state index contributed by atoms with van der Waals surface area (Å²) in [6.45, 7) is 2.45. The molecule has 1 rings (SSSR count). The van der Waals surface area contributed by atoms with Crippen molar-refractivity contribution in [3.05, 3.63) is 22.7 Å². The smallest absolute Gasteiger partial charge is 0.307 e. The molecule has 4 nitrogen and oxygen atoms in total. The second kappa shape index (κ2) is 6.35. The van der Waals surface area contributed by atoms with Crippen molar-refractivity contribution in [3.63, 3.8) is 0 Å². The average molecular weight is 258 g/mol. The SMILES string of the molecule is COC(=O)CCNc1cc(Cl)c(OC)cc1C. The van der Waals surface area contributed by atoms with Crippen LogP contribution in [-0.2, 0) is 9.53 Å². The lowest BCUT2D eigenvalue weighted by atomic mass is 10.2. The van der Waals surface area contributed by atoms with Gasteiger partial charge in [0, 0.05) is 12.2 Å². The van der Waals surface area contributed by atoms with Gasteiger partial charge < -0.3 is 14.8 Å². The third-order valence-corrected chi connectivity index (χ3v) is 2.67. The minimum absolute atomic E-state index is 0.241. The fraction of sp³-hybridized carbons (Fsp3) is 0.417. The largest absolute Gasteiger partial charge is 0.495 e. The highest BCUT2D eigenvalue weighted by Crippen LogP contribution is 2.30. The zero-order valence-corrected chi connectivity index (χ0v) is 10.9. The molecule has 17 heavy (non-hydrogen) atoms. The van der Waals surface area contributed by atoms with Gasteiger partial charge in [0.1, 0.15) is 5.75 Å². The summed E-state index contributed by atoms with van der Waals surface area (Å²) in [5.41, 5.74) is 1.90. The van der Waals surface area contributed by atoms with Crippen LogP contribution in [0.2, 0.25) is 5.02 Å². The highest BCUT2D eigenvalue weighted by molar-refractivity contribution is 6.32. The van der Waals surface area contributed by atoms with E-state index in [-0.39, 0.29) is 5.97 Å². The van der Waals surface area contributed by atoms with E-state index in [4.69, 9.17) is 16.3 Å². The third-order valence-electron chi connectivity index (χ3n) is 2.37. The third kappa shape index (κ3) is 3.82. The van der Waals surface area contributed by atoms with E-state index in [0.29, 0.717) is 23.7 Å². The molecule has 0 atom stereocenters. The van der Waals surface area contributed by atoms with E-state index in [1.54, 1.807) is 13.2 Å². The number of methoxy groups -OCH3 is 2. The van der Waals surface area contributed by atoms with Crippen LogP contribution in [0.1, 0.15) is 12.0 Å². The molecule has 5 heteroatoms. The number of hydrogen-bond donors (Lipinski definition) is 1. The van der Waals surface area contributed by atoms with Crippen molar-refractivity contribution in [1.82, 2.24) is 0 Å². The Bertz CT molecular complexity index is 407. The Labute approximate surface area is 106 Å². The van der Waals surface area contributed by atoms with E-state index in [1.807, 2.05) is 13.0 Å². The number of carbonyl (C=O) groups excluding carboxylic acids is 1. The Hall–Kier alpha value is -1.42. The summed E-state index contributed by atoms with van der Waals surface area (Å²) in [4.78, 5) is 10.9. The quantitative estimate of drug-likeness (QED) is 0.824. The highest BCUT2D eigenvalue weighted by atomic mass is 35.5. The van der Waals surface area contributed by atoms with Crippen LogP contribution in [-0.4, -0.2) is 26.7 Å². The van der Waals surface area contributed by atoms with Gasteiger partial charge in [0.05, 0.1) is 25.7 Å². The van der Waals surface area contributed by atoms with Crippen LogP contribution in [0, 0.1) is 6.92 Å². The number of benzene rings is 1. The van der Waals surface area contributed by atoms with E-state index in [0.717, 1.165) is 11.3 Å². The first kappa shape index (κ1) is 13.6. The zero-order valence-electron chi connectivity index (χ0n) is 10.2. The molecule has 0 unspecified atom stereocenters. The predicted molar refractivity (Wildman–Crippen MR) is 67.9 cm³/mol. The van der Waals surface area contributed by atoms with Gasteiger partial charge >= 0.3 is 5.97 Å². The summed E-state index contributed by atoms with van der Waals surface area (Å²) in [6, 6.07) is 3.63. The Morgan fingerprint density at radius 1 is 1.41 bits per heavy atom. The molecule has 1 N–H and O–H groups in total. The molecule has 0 aliphatic rings. The topological polar surface area (TPSA) is 47.6 Å². The second-order valence-corrected chi connectivity index (χ2v) is 3.96. The summed E-state index contributed by atoms with van der Waals surface area (Å²) in [5, 5.41) is 3.67. The molecule has 0 aromatic heterocycles. The van der Waals surface area contributed by atoms with E-state index in [9.17, 15) is 4.79 Å². The molecule has 0 heterocycles. The molecule has 0 fully saturated rings. The van der Waals surface area contributed by atoms with Crippen LogP contribution in [0.15, 0.2) is 12.1 Å². The van der Waals surface area contributed by atoms with Gasteiger partial charge in [0.2, 0.25) is 0 Å². The molecule has 1 aromatic rings. The monoisotopic (exact) mass is 257 g/mol. The Kier molecular flexibility index (Phi) is 5.10. The van der Waals surface area contributed by atoms with Gasteiger partial charge in [-0.1, -0.05) is 11.6 Å². The minimum Gasteiger partial charge on any atom is -0.495 e. The van der Waals surface area contributed by atoms with E-state index >= 15 is 0 Å². The average Bonchev–Trinajstić information content (AvgIpc) is 2.32. The summed E-state index contributed by atoms with van der Waals surface area (Å²) >= 11 is 6.01. The van der Waals surface area contributed by atoms with E-state index in [2.05, 4.69) is 10.1 Å². The molecule has 0 bridgehead atoms. The molecular formula is C12H16ClNO3. The maximum atomic E-state index is 10.9. The van der Waals surface area contributed by atoms with Crippen LogP contribution in [0.25, 0.3) is 0 Å². The van der Waals surface area contributed by atoms with Crippen LogP contribution in [0.4, 0.5) is 5.69 Å². The summed E-state index contributed by atoms with van der Waals surface area (Å²) < 4.78 is 9.66. The number of anilines is 1. The lowest BCUT2D eigenvalue weighted by Gasteiger charge is -2.12. The lowest BCUT2D eigenvalue weighted by molar-refractivity contribution is -0.140. The molecular weight excluding hydrogens is 242 g/mol. The molecule has 0 spiro atoms. The van der Waals surface area contributed by atoms with Crippen molar-refractivity contribution >= 4 is 23.3 Å². The van der Waals surface area contributed by atoms with Crippen LogP contribution >= 0.6 is 11.6 Å². The normalized spacial score (nSPS) is 9.88. The van der Waals surface area contributed by atoms with E-state index in [1.165, 1.54) is 7.11 Å². The highest BCUT2D eigenvalue weighted by Gasteiger charge is 2.06. The number of nitrogens with one attached hydrogen (secondary N) is 1. The minimum atomic E-state index is -0.241. The lowest BCUT2D eigenvalue weighted by Crippen LogP contribution is -2.10. The molecule has 0 aliphatic heterocycles. The summed E-state index contributed by atoms with van der Waals surface area (Å²) in [7, 11) is 2.95. The zero-order chi connectivity index (χ0) is 12.8. The molecule has 0 radical (unpaired) electrons. The Morgan fingerprint density at radius 3 is 2.71 bits per heavy atom. The van der Waals surface area contributed by atoms with Gasteiger partial charge in [-0.15, -0.1) is 0 Å². The Balaban J connectivity index is 2.65. The van der Waals surface area contributed by atoms with Crippen molar-refractivity contribution in [1.29, 1.82) is 0 Å². The van der Waals surface area contributed by atoms with Gasteiger partial charge in [-0.3, -0.25) is 4.79 Å². The molecule has 0 amide bonds. The number of aryl methyl sites for hydroxylation is 1. The fourth-order valence-corrected chi connectivity index (χ4v) is 1.64. The van der Waals surface area contributed by atoms with Crippen LogP contribution in [0.5, 0.6) is 5.75 Å². The van der Waals surface area contributed by atoms with E-state index < -0.39 is 0 Å². The van der Waals surface area contributed by atoms with Crippen molar-refractivity contribution in [3.8, 4) is 5.75 Å². The van der Waals surface area contributed by atoms with Gasteiger partial charge in [-0.2, -0.15) is 0 Å². The number of esters is 1. The predicted octanol–water partition coefficient (Wildman–Crippen LogP) is 2.63. The first-order valence-electron chi connectivity index (χ1n) is 5.23. The van der Waals surface area contributed by atoms with Crippen molar-refractivity contribution in [2.45, 2.75) is 13.3 Å². The summed E-state index contributed by atoms with van der Waals surface area (Å²) in [5.74, 6) is 0.400. The van der Waals surface area contributed by atoms with Crippen LogP contribution in [0.3, 0.4) is 0 Å². The maximum absolute atomic E-state index is 10.9. The van der Waals surface area contributed by atoms with Gasteiger partial charge in [-0.05, 0) is 24.6 Å².